The summed E-state index contributed by atoms with van der Waals surface area (Å²) in [4.78, 5) is 20.0. The fourth-order valence-electron chi connectivity index (χ4n) is 2.20. The van der Waals surface area contributed by atoms with E-state index in [0.717, 1.165) is 22.0 Å². The highest BCUT2D eigenvalue weighted by molar-refractivity contribution is 6.11. The molecule has 0 bridgehead atoms. The third-order valence-corrected chi connectivity index (χ3v) is 3.03. The van der Waals surface area contributed by atoms with Crippen LogP contribution in [0.1, 0.15) is 16.1 Å². The van der Waals surface area contributed by atoms with Crippen LogP contribution in [0.4, 0.5) is 0 Å². The Morgan fingerprint density at radius 3 is 2.89 bits per heavy atom. The number of imidazole rings is 1. The van der Waals surface area contributed by atoms with Crippen LogP contribution < -0.4 is 5.73 Å². The maximum atomic E-state index is 11.4. The van der Waals surface area contributed by atoms with Crippen molar-refractivity contribution < 1.29 is 4.79 Å². The Morgan fingerprint density at radius 1 is 1.39 bits per heavy atom. The summed E-state index contributed by atoms with van der Waals surface area (Å²) >= 11 is 0. The number of fused-ring (bicyclic) bond motifs is 3. The van der Waals surface area contributed by atoms with Gasteiger partial charge in [0.15, 0.2) is 5.69 Å². The minimum atomic E-state index is -0.554. The number of primary amides is 1. The average molecular weight is 240 g/mol. The van der Waals surface area contributed by atoms with Crippen molar-refractivity contribution in [3.63, 3.8) is 0 Å². The van der Waals surface area contributed by atoms with Gasteiger partial charge in [-0.3, -0.25) is 4.79 Å². The molecule has 5 heteroatoms. The molecule has 1 aromatic carbocycles. The predicted octanol–water partition coefficient (Wildman–Crippen LogP) is 1.53. The molecule has 1 amide bonds. The first-order valence-corrected chi connectivity index (χ1v) is 5.59. The topological polar surface area (TPSA) is 73.8 Å². The molecule has 0 radical (unpaired) electrons. The number of benzene rings is 1. The summed E-state index contributed by atoms with van der Waals surface area (Å²) in [6.45, 7) is 2.02. The van der Waals surface area contributed by atoms with Crippen molar-refractivity contribution in [2.45, 2.75) is 6.92 Å². The highest BCUT2D eigenvalue weighted by Crippen LogP contribution is 2.25. The molecule has 0 saturated carbocycles. The Labute approximate surface area is 103 Å². The maximum absolute atomic E-state index is 11.4. The van der Waals surface area contributed by atoms with Gasteiger partial charge in [-0.15, -0.1) is 0 Å². The van der Waals surface area contributed by atoms with Gasteiger partial charge in [0.2, 0.25) is 0 Å². The summed E-state index contributed by atoms with van der Waals surface area (Å²) in [5.41, 5.74) is 8.92. The molecule has 0 saturated heterocycles. The molecule has 3 rings (SSSR count). The summed E-state index contributed by atoms with van der Waals surface area (Å²) in [6.07, 6.45) is 1.67. The van der Waals surface area contributed by atoms with E-state index in [1.165, 1.54) is 0 Å². The van der Waals surface area contributed by atoms with Gasteiger partial charge in [-0.2, -0.15) is 0 Å². The zero-order valence-corrected chi connectivity index (χ0v) is 10.1. The first-order chi connectivity index (χ1) is 8.58. The third kappa shape index (κ3) is 1.37. The SMILES string of the molecule is Cc1ccc2nc(C(N)=O)c3ncn(C)c3c2c1. The number of rotatable bonds is 1. The van der Waals surface area contributed by atoms with Crippen molar-refractivity contribution in [2.24, 2.45) is 12.8 Å². The molecule has 2 heterocycles. The lowest BCUT2D eigenvalue weighted by Crippen LogP contribution is -2.14. The zero-order chi connectivity index (χ0) is 12.9. The highest BCUT2D eigenvalue weighted by atomic mass is 16.1. The molecule has 0 aliphatic rings. The van der Waals surface area contributed by atoms with Crippen LogP contribution in [0.3, 0.4) is 0 Å². The van der Waals surface area contributed by atoms with Gasteiger partial charge in [0.25, 0.3) is 5.91 Å². The fourth-order valence-corrected chi connectivity index (χ4v) is 2.20. The van der Waals surface area contributed by atoms with E-state index in [-0.39, 0.29) is 5.69 Å². The smallest absolute Gasteiger partial charge is 0.269 e. The van der Waals surface area contributed by atoms with E-state index < -0.39 is 5.91 Å². The summed E-state index contributed by atoms with van der Waals surface area (Å²) < 4.78 is 1.88. The van der Waals surface area contributed by atoms with Gasteiger partial charge in [0.05, 0.1) is 17.4 Å². The van der Waals surface area contributed by atoms with Crippen LogP contribution in [0.15, 0.2) is 24.5 Å². The summed E-state index contributed by atoms with van der Waals surface area (Å²) in [7, 11) is 1.89. The number of aryl methyl sites for hydroxylation is 2. The molecule has 2 N–H and O–H groups in total. The Hall–Kier alpha value is -2.43. The summed E-state index contributed by atoms with van der Waals surface area (Å²) in [6, 6.07) is 5.89. The standard InChI is InChI=1S/C13H12N4O/c1-7-3-4-9-8(5-7)12-10(15-6-17(12)2)11(16-9)13(14)18/h3-6H,1-2H3,(H2,14,18). The zero-order valence-electron chi connectivity index (χ0n) is 10.1. The lowest BCUT2D eigenvalue weighted by Gasteiger charge is -2.05. The van der Waals surface area contributed by atoms with Crippen LogP contribution >= 0.6 is 0 Å². The number of nitrogens with two attached hydrogens (primary N) is 1. The van der Waals surface area contributed by atoms with Gasteiger partial charge in [-0.1, -0.05) is 11.6 Å². The number of aromatic nitrogens is 3. The maximum Gasteiger partial charge on any atom is 0.269 e. The predicted molar refractivity (Wildman–Crippen MR) is 69.3 cm³/mol. The molecule has 5 nitrogen and oxygen atoms in total. The number of carbonyl (C=O) groups excluding carboxylic acids is 1. The van der Waals surface area contributed by atoms with E-state index in [9.17, 15) is 4.79 Å². The minimum absolute atomic E-state index is 0.224. The molecule has 0 aliphatic carbocycles. The third-order valence-electron chi connectivity index (χ3n) is 3.03. The van der Waals surface area contributed by atoms with Crippen molar-refractivity contribution in [3.05, 3.63) is 35.8 Å². The fraction of sp³-hybridized carbons (Fsp3) is 0.154. The first kappa shape index (κ1) is 10.7. The number of pyridine rings is 1. The van der Waals surface area contributed by atoms with Crippen molar-refractivity contribution in [1.82, 2.24) is 14.5 Å². The molecule has 0 unspecified atom stereocenters. The van der Waals surface area contributed by atoms with E-state index in [4.69, 9.17) is 5.73 Å². The normalized spacial score (nSPS) is 11.2. The lowest BCUT2D eigenvalue weighted by atomic mass is 10.1. The number of amides is 1. The molecule has 0 spiro atoms. The Balaban J connectivity index is 2.60. The lowest BCUT2D eigenvalue weighted by molar-refractivity contribution is 0.0997. The van der Waals surface area contributed by atoms with Gasteiger partial charge < -0.3 is 10.3 Å². The van der Waals surface area contributed by atoms with Crippen molar-refractivity contribution in [3.8, 4) is 0 Å². The quantitative estimate of drug-likeness (QED) is 0.701. The van der Waals surface area contributed by atoms with Crippen LogP contribution in [0.2, 0.25) is 0 Å². The van der Waals surface area contributed by atoms with Gasteiger partial charge in [0, 0.05) is 12.4 Å². The first-order valence-electron chi connectivity index (χ1n) is 5.59. The Morgan fingerprint density at radius 2 is 2.17 bits per heavy atom. The number of carbonyl (C=O) groups is 1. The molecular weight excluding hydrogens is 228 g/mol. The van der Waals surface area contributed by atoms with Crippen molar-refractivity contribution in [2.75, 3.05) is 0 Å². The van der Waals surface area contributed by atoms with Crippen molar-refractivity contribution >= 4 is 27.8 Å². The van der Waals surface area contributed by atoms with Gasteiger partial charge in [0.1, 0.15) is 5.52 Å². The molecule has 2 aromatic heterocycles. The highest BCUT2D eigenvalue weighted by Gasteiger charge is 2.16. The second-order valence-corrected chi connectivity index (χ2v) is 4.40. The van der Waals surface area contributed by atoms with Gasteiger partial charge >= 0.3 is 0 Å². The van der Waals surface area contributed by atoms with E-state index >= 15 is 0 Å². The summed E-state index contributed by atoms with van der Waals surface area (Å²) in [5.74, 6) is -0.554. The molecule has 90 valence electrons. The molecule has 3 aromatic rings. The number of nitrogens with zero attached hydrogens (tertiary/aromatic N) is 3. The van der Waals surface area contributed by atoms with Crippen LogP contribution in [0, 0.1) is 6.92 Å². The molecule has 18 heavy (non-hydrogen) atoms. The van der Waals surface area contributed by atoms with Crippen LogP contribution in [0.5, 0.6) is 0 Å². The number of hydrogen-bond donors (Lipinski definition) is 1. The Bertz CT molecular complexity index is 788. The second kappa shape index (κ2) is 3.53. The Kier molecular flexibility index (Phi) is 2.10. The number of hydrogen-bond acceptors (Lipinski definition) is 3. The van der Waals surface area contributed by atoms with Gasteiger partial charge in [-0.25, -0.2) is 9.97 Å². The molecular formula is C13H12N4O. The van der Waals surface area contributed by atoms with Crippen LogP contribution in [-0.4, -0.2) is 20.4 Å². The van der Waals surface area contributed by atoms with E-state index in [2.05, 4.69) is 9.97 Å². The van der Waals surface area contributed by atoms with E-state index in [1.807, 2.05) is 36.7 Å². The van der Waals surface area contributed by atoms with Crippen LogP contribution in [0.25, 0.3) is 21.9 Å². The van der Waals surface area contributed by atoms with Crippen LogP contribution in [-0.2, 0) is 7.05 Å². The van der Waals surface area contributed by atoms with E-state index in [1.54, 1.807) is 6.33 Å². The largest absolute Gasteiger partial charge is 0.364 e. The van der Waals surface area contributed by atoms with Gasteiger partial charge in [-0.05, 0) is 19.1 Å². The molecule has 0 fully saturated rings. The van der Waals surface area contributed by atoms with E-state index in [0.29, 0.717) is 5.52 Å². The molecule has 0 atom stereocenters. The summed E-state index contributed by atoms with van der Waals surface area (Å²) in [5, 5.41) is 0.981. The van der Waals surface area contributed by atoms with Crippen molar-refractivity contribution in [1.29, 1.82) is 0 Å². The monoisotopic (exact) mass is 240 g/mol. The average Bonchev–Trinajstić information content (AvgIpc) is 2.71. The molecule has 0 aliphatic heterocycles. The second-order valence-electron chi connectivity index (χ2n) is 4.40. The minimum Gasteiger partial charge on any atom is -0.364 e.